The van der Waals surface area contributed by atoms with Gasteiger partial charge in [-0.25, -0.2) is 4.79 Å². The average molecular weight is 425 g/mol. The second-order valence-electron chi connectivity index (χ2n) is 7.51. The van der Waals surface area contributed by atoms with Crippen molar-refractivity contribution in [3.05, 3.63) is 95.7 Å². The third-order valence-electron chi connectivity index (χ3n) is 5.39. The molecule has 2 heterocycles. The molecule has 4 nitrogen and oxygen atoms in total. The van der Waals surface area contributed by atoms with Crippen molar-refractivity contribution >= 4 is 43.3 Å². The van der Waals surface area contributed by atoms with Crippen LogP contribution in [0.25, 0.3) is 31.4 Å². The van der Waals surface area contributed by atoms with E-state index in [2.05, 4.69) is 42.6 Å². The second-order valence-corrected chi connectivity index (χ2v) is 8.53. The summed E-state index contributed by atoms with van der Waals surface area (Å²) in [6.07, 6.45) is 1.88. The molecule has 31 heavy (non-hydrogen) atoms. The van der Waals surface area contributed by atoms with Crippen LogP contribution in [0.1, 0.15) is 21.5 Å². The fourth-order valence-corrected chi connectivity index (χ4v) is 5.27. The van der Waals surface area contributed by atoms with Gasteiger partial charge in [-0.05, 0) is 42.3 Å². The molecule has 152 valence electrons. The van der Waals surface area contributed by atoms with Gasteiger partial charge in [0.1, 0.15) is 0 Å². The minimum absolute atomic E-state index is 0.274. The summed E-state index contributed by atoms with van der Waals surface area (Å²) in [5, 5.41) is 13.9. The van der Waals surface area contributed by atoms with Crippen molar-refractivity contribution in [1.82, 2.24) is 4.98 Å². The summed E-state index contributed by atoms with van der Waals surface area (Å²) in [7, 11) is 0. The molecule has 0 aliphatic rings. The van der Waals surface area contributed by atoms with Crippen molar-refractivity contribution in [1.29, 1.82) is 0 Å². The number of aryl methyl sites for hydroxylation is 1. The summed E-state index contributed by atoms with van der Waals surface area (Å²) in [5.74, 6) is -0.934. The molecule has 2 aromatic heterocycles. The number of para-hydroxylation sites is 1. The third kappa shape index (κ3) is 3.53. The highest BCUT2D eigenvalue weighted by Gasteiger charge is 2.15. The smallest absolute Gasteiger partial charge is 0.337 e. The first-order valence-electron chi connectivity index (χ1n) is 10.0. The number of carbonyl (C=O) groups is 1. The highest BCUT2D eigenvalue weighted by molar-refractivity contribution is 7.26. The number of hydrogen-bond acceptors (Lipinski definition) is 4. The lowest BCUT2D eigenvalue weighted by atomic mass is 10.0. The Kier molecular flexibility index (Phi) is 4.88. The highest BCUT2D eigenvalue weighted by Crippen LogP contribution is 2.40. The molecule has 0 radical (unpaired) electrons. The quantitative estimate of drug-likeness (QED) is 0.328. The van der Waals surface area contributed by atoms with Gasteiger partial charge in [0, 0.05) is 34.1 Å². The van der Waals surface area contributed by atoms with Gasteiger partial charge in [-0.1, -0.05) is 54.1 Å². The number of anilines is 1. The molecule has 5 heteroatoms. The van der Waals surface area contributed by atoms with Gasteiger partial charge in [-0.2, -0.15) is 0 Å². The lowest BCUT2D eigenvalue weighted by molar-refractivity contribution is 0.0698. The fourth-order valence-electron chi connectivity index (χ4n) is 3.98. The second kappa shape index (κ2) is 7.85. The molecule has 2 N–H and O–H groups in total. The summed E-state index contributed by atoms with van der Waals surface area (Å²) >= 11 is 1.75. The van der Waals surface area contributed by atoms with Gasteiger partial charge >= 0.3 is 5.97 Å². The van der Waals surface area contributed by atoms with E-state index < -0.39 is 5.97 Å². The third-order valence-corrected chi connectivity index (χ3v) is 6.69. The first kappa shape index (κ1) is 19.3. The Bertz CT molecular complexity index is 1420. The molecule has 0 bridgehead atoms. The molecule has 0 saturated heterocycles. The molecular weight excluding hydrogens is 404 g/mol. The molecule has 0 unspecified atom stereocenters. The van der Waals surface area contributed by atoms with Crippen molar-refractivity contribution in [3.8, 4) is 11.1 Å². The van der Waals surface area contributed by atoms with Gasteiger partial charge in [0.25, 0.3) is 0 Å². The number of hydrogen-bond donors (Lipinski definition) is 2. The number of carboxylic acid groups (broad SMARTS) is 1. The van der Waals surface area contributed by atoms with Crippen LogP contribution in [0.3, 0.4) is 0 Å². The SMILES string of the molecule is Cc1cc(CNc2ccccc2C(=O)O)c2sc3c(-c4ccccc4)ccnc3c2c1. The summed E-state index contributed by atoms with van der Waals surface area (Å²) in [6, 6.07) is 23.8. The number of nitrogens with zero attached hydrogens (tertiary/aromatic N) is 1. The largest absolute Gasteiger partial charge is 0.478 e. The molecule has 3 aromatic carbocycles. The van der Waals surface area contributed by atoms with Crippen molar-refractivity contribution in [3.63, 3.8) is 0 Å². The van der Waals surface area contributed by atoms with Gasteiger partial charge in [-0.3, -0.25) is 4.98 Å². The zero-order chi connectivity index (χ0) is 21.4. The van der Waals surface area contributed by atoms with Gasteiger partial charge < -0.3 is 10.4 Å². The Balaban J connectivity index is 1.62. The molecule has 5 aromatic rings. The van der Waals surface area contributed by atoms with E-state index in [1.807, 2.05) is 30.5 Å². The van der Waals surface area contributed by atoms with E-state index in [-0.39, 0.29) is 5.56 Å². The number of benzene rings is 3. The van der Waals surface area contributed by atoms with E-state index in [1.165, 1.54) is 20.5 Å². The molecule has 0 fully saturated rings. The maximum absolute atomic E-state index is 11.5. The minimum atomic E-state index is -0.934. The van der Waals surface area contributed by atoms with Crippen molar-refractivity contribution < 1.29 is 9.90 Å². The molecule has 0 aliphatic carbocycles. The van der Waals surface area contributed by atoms with E-state index in [0.717, 1.165) is 22.0 Å². The Labute approximate surface area is 183 Å². The number of aromatic nitrogens is 1. The number of fused-ring (bicyclic) bond motifs is 3. The lowest BCUT2D eigenvalue weighted by Gasteiger charge is -2.11. The zero-order valence-electron chi connectivity index (χ0n) is 16.9. The van der Waals surface area contributed by atoms with E-state index in [9.17, 15) is 9.90 Å². The van der Waals surface area contributed by atoms with Crippen molar-refractivity contribution in [2.75, 3.05) is 5.32 Å². The van der Waals surface area contributed by atoms with Crippen LogP contribution in [-0.2, 0) is 6.54 Å². The average Bonchev–Trinajstić information content (AvgIpc) is 3.17. The van der Waals surface area contributed by atoms with Crippen LogP contribution in [0.4, 0.5) is 5.69 Å². The van der Waals surface area contributed by atoms with E-state index >= 15 is 0 Å². The van der Waals surface area contributed by atoms with Crippen LogP contribution in [0, 0.1) is 6.92 Å². The highest BCUT2D eigenvalue weighted by atomic mass is 32.1. The topological polar surface area (TPSA) is 62.2 Å². The predicted octanol–water partition coefficient (Wildman–Crippen LogP) is 6.74. The van der Waals surface area contributed by atoms with Crippen LogP contribution < -0.4 is 5.32 Å². The van der Waals surface area contributed by atoms with E-state index in [4.69, 9.17) is 4.98 Å². The van der Waals surface area contributed by atoms with Crippen molar-refractivity contribution in [2.24, 2.45) is 0 Å². The number of carboxylic acids is 1. The van der Waals surface area contributed by atoms with Crippen LogP contribution in [-0.4, -0.2) is 16.1 Å². The first-order chi connectivity index (χ1) is 15.1. The number of nitrogens with one attached hydrogen (secondary N) is 1. The van der Waals surface area contributed by atoms with Crippen LogP contribution in [0.15, 0.2) is 79.0 Å². The maximum atomic E-state index is 11.5. The maximum Gasteiger partial charge on any atom is 0.337 e. The van der Waals surface area contributed by atoms with E-state index in [1.54, 1.807) is 29.5 Å². The number of rotatable bonds is 5. The number of thiophene rings is 1. The summed E-state index contributed by atoms with van der Waals surface area (Å²) < 4.78 is 2.35. The lowest BCUT2D eigenvalue weighted by Crippen LogP contribution is -2.06. The Morgan fingerprint density at radius 2 is 1.77 bits per heavy atom. The Morgan fingerprint density at radius 3 is 2.58 bits per heavy atom. The molecule has 0 saturated carbocycles. The summed E-state index contributed by atoms with van der Waals surface area (Å²) in [5.41, 5.74) is 6.55. The normalized spacial score (nSPS) is 11.1. The Morgan fingerprint density at radius 1 is 1.00 bits per heavy atom. The fraction of sp³-hybridized carbons (Fsp3) is 0.0769. The van der Waals surface area contributed by atoms with Gasteiger partial charge in [0.2, 0.25) is 0 Å². The first-order valence-corrected chi connectivity index (χ1v) is 10.9. The van der Waals surface area contributed by atoms with E-state index in [0.29, 0.717) is 12.2 Å². The van der Waals surface area contributed by atoms with Gasteiger partial charge in [-0.15, -0.1) is 11.3 Å². The molecule has 5 rings (SSSR count). The minimum Gasteiger partial charge on any atom is -0.478 e. The predicted molar refractivity (Wildman–Crippen MR) is 128 cm³/mol. The van der Waals surface area contributed by atoms with Crippen LogP contribution in [0.5, 0.6) is 0 Å². The van der Waals surface area contributed by atoms with Crippen LogP contribution in [0.2, 0.25) is 0 Å². The molecule has 0 amide bonds. The summed E-state index contributed by atoms with van der Waals surface area (Å²) in [6.45, 7) is 2.62. The van der Waals surface area contributed by atoms with Gasteiger partial charge in [0.15, 0.2) is 0 Å². The molecular formula is C26H20N2O2S. The molecule has 0 spiro atoms. The Hall–Kier alpha value is -3.70. The monoisotopic (exact) mass is 424 g/mol. The van der Waals surface area contributed by atoms with Gasteiger partial charge in [0.05, 0.1) is 15.8 Å². The van der Waals surface area contributed by atoms with Crippen LogP contribution >= 0.6 is 11.3 Å². The zero-order valence-corrected chi connectivity index (χ0v) is 17.7. The molecule has 0 aliphatic heterocycles. The number of aromatic carboxylic acids is 1. The standard InChI is InChI=1S/C26H20N2O2S/c1-16-13-18(15-28-22-10-6-5-9-20(22)26(29)30)24-21(14-16)23-25(31-24)19(11-12-27-23)17-7-3-2-4-8-17/h2-14,28H,15H2,1H3,(H,29,30). The summed E-state index contributed by atoms with van der Waals surface area (Å²) in [4.78, 5) is 16.2. The molecule has 0 atom stereocenters. The number of pyridine rings is 1. The van der Waals surface area contributed by atoms with Crippen molar-refractivity contribution in [2.45, 2.75) is 13.5 Å².